The molecule has 0 unspecified atom stereocenters. The van der Waals surface area contributed by atoms with Crippen LogP contribution in [0, 0.1) is 0 Å². The fraction of sp³-hybridized carbons (Fsp3) is 0.526. The van der Waals surface area contributed by atoms with Gasteiger partial charge in [0.2, 0.25) is 5.91 Å². The molecule has 0 saturated carbocycles. The molecule has 2 aromatic rings. The van der Waals surface area contributed by atoms with Gasteiger partial charge in [0, 0.05) is 18.5 Å². The van der Waals surface area contributed by atoms with E-state index in [0.29, 0.717) is 6.61 Å². The molecule has 0 radical (unpaired) electrons. The summed E-state index contributed by atoms with van der Waals surface area (Å²) >= 11 is 1.79. The molecule has 4 nitrogen and oxygen atoms in total. The Bertz CT molecular complexity index is 720. The van der Waals surface area contributed by atoms with Crippen LogP contribution in [-0.2, 0) is 22.6 Å². The number of furan rings is 1. The lowest BCUT2D eigenvalue weighted by molar-refractivity contribution is -0.134. The van der Waals surface area contributed by atoms with Crippen molar-refractivity contribution in [3.05, 3.63) is 45.5 Å². The van der Waals surface area contributed by atoms with Gasteiger partial charge in [0.15, 0.2) is 0 Å². The van der Waals surface area contributed by atoms with Crippen LogP contribution in [0.15, 0.2) is 28.0 Å². The lowest BCUT2D eigenvalue weighted by atomic mass is 9.86. The first kappa shape index (κ1) is 15.9. The van der Waals surface area contributed by atoms with Crippen molar-refractivity contribution >= 4 is 17.2 Å². The predicted molar refractivity (Wildman–Crippen MR) is 93.1 cm³/mol. The minimum absolute atomic E-state index is 0.0361. The molecule has 1 amide bonds. The molecule has 2 aliphatic rings. The van der Waals surface area contributed by atoms with Gasteiger partial charge in [-0.25, -0.2) is 0 Å². The summed E-state index contributed by atoms with van der Waals surface area (Å²) in [7, 11) is 1.66. The Labute approximate surface area is 146 Å². The highest BCUT2D eigenvalue weighted by molar-refractivity contribution is 7.10. The van der Waals surface area contributed by atoms with Crippen LogP contribution in [-0.4, -0.2) is 24.5 Å². The van der Waals surface area contributed by atoms with Crippen molar-refractivity contribution in [3.8, 4) is 0 Å². The summed E-state index contributed by atoms with van der Waals surface area (Å²) in [5.41, 5.74) is 1.27. The minimum atomic E-state index is 0.0361. The van der Waals surface area contributed by atoms with Crippen LogP contribution in [0.25, 0.3) is 0 Å². The topological polar surface area (TPSA) is 42.7 Å². The van der Waals surface area contributed by atoms with E-state index < -0.39 is 0 Å². The maximum atomic E-state index is 13.2. The summed E-state index contributed by atoms with van der Waals surface area (Å²) in [4.78, 5) is 16.7. The molecule has 0 spiro atoms. The Morgan fingerprint density at radius 1 is 1.33 bits per heavy atom. The molecule has 1 aliphatic heterocycles. The lowest BCUT2D eigenvalue weighted by Crippen LogP contribution is -2.35. The highest BCUT2D eigenvalue weighted by atomic mass is 32.1. The average Bonchev–Trinajstić information content (AvgIpc) is 3.33. The molecule has 128 valence electrons. The summed E-state index contributed by atoms with van der Waals surface area (Å²) < 4.78 is 11.0. The predicted octanol–water partition coefficient (Wildman–Crippen LogP) is 4.27. The smallest absolute Gasteiger partial charge is 0.230 e. The number of fused-ring (bicyclic) bond motifs is 1. The Hall–Kier alpha value is -1.59. The van der Waals surface area contributed by atoms with Crippen molar-refractivity contribution in [3.63, 3.8) is 0 Å². The van der Waals surface area contributed by atoms with Gasteiger partial charge in [-0.05, 0) is 61.2 Å². The number of thiophene rings is 1. The Morgan fingerprint density at radius 3 is 3.12 bits per heavy atom. The molecule has 3 heterocycles. The molecule has 0 N–H and O–H groups in total. The molecule has 2 atom stereocenters. The van der Waals surface area contributed by atoms with Crippen molar-refractivity contribution in [2.45, 2.75) is 50.7 Å². The van der Waals surface area contributed by atoms with E-state index in [1.54, 1.807) is 18.4 Å². The zero-order chi connectivity index (χ0) is 16.5. The molecule has 1 saturated heterocycles. The van der Waals surface area contributed by atoms with Gasteiger partial charge in [-0.15, -0.1) is 11.3 Å². The third kappa shape index (κ3) is 2.80. The van der Waals surface area contributed by atoms with E-state index >= 15 is 0 Å². The molecular weight excluding hydrogens is 322 g/mol. The first-order valence-electron chi connectivity index (χ1n) is 8.72. The van der Waals surface area contributed by atoms with Crippen molar-refractivity contribution < 1.29 is 13.9 Å². The Morgan fingerprint density at radius 2 is 2.25 bits per heavy atom. The zero-order valence-corrected chi connectivity index (χ0v) is 14.8. The van der Waals surface area contributed by atoms with E-state index in [9.17, 15) is 4.79 Å². The summed E-state index contributed by atoms with van der Waals surface area (Å²) in [6, 6.07) is 6.18. The second kappa shape index (κ2) is 6.73. The number of carbonyl (C=O) groups excluding carboxylic acids is 1. The second-order valence-electron chi connectivity index (χ2n) is 6.67. The van der Waals surface area contributed by atoms with Gasteiger partial charge < -0.3 is 14.1 Å². The van der Waals surface area contributed by atoms with Crippen molar-refractivity contribution in [1.82, 2.24) is 4.90 Å². The Balaban J connectivity index is 1.55. The fourth-order valence-corrected chi connectivity index (χ4v) is 5.05. The van der Waals surface area contributed by atoms with Crippen molar-refractivity contribution in [2.75, 3.05) is 13.7 Å². The molecule has 2 aromatic heterocycles. The van der Waals surface area contributed by atoms with Crippen molar-refractivity contribution in [1.29, 1.82) is 0 Å². The standard InChI is InChI=1S/C19H23NO3S/c1-22-12-13-7-8-17(23-13)16-5-3-10-20(16)19(21)15-4-2-6-18-14(15)9-11-24-18/h7-9,11,15-16H,2-6,10,12H2,1H3/t15-,16+/m0/s1. The molecule has 5 heteroatoms. The number of hydrogen-bond donors (Lipinski definition) is 0. The van der Waals surface area contributed by atoms with E-state index in [0.717, 1.165) is 50.2 Å². The number of methoxy groups -OCH3 is 1. The fourth-order valence-electron chi connectivity index (χ4n) is 4.06. The molecular formula is C19H23NO3S. The van der Waals surface area contributed by atoms with Gasteiger partial charge in [0.05, 0.1) is 12.0 Å². The molecule has 4 rings (SSSR count). The van der Waals surface area contributed by atoms with Gasteiger partial charge in [-0.3, -0.25) is 4.79 Å². The number of amides is 1. The minimum Gasteiger partial charge on any atom is -0.461 e. The molecule has 24 heavy (non-hydrogen) atoms. The van der Waals surface area contributed by atoms with Crippen molar-refractivity contribution in [2.24, 2.45) is 0 Å². The quantitative estimate of drug-likeness (QED) is 0.831. The van der Waals surface area contributed by atoms with E-state index in [1.165, 1.54) is 10.4 Å². The number of likely N-dealkylation sites (tertiary alicyclic amines) is 1. The lowest BCUT2D eigenvalue weighted by Gasteiger charge is -2.30. The normalized spacial score (nSPS) is 23.5. The average molecular weight is 345 g/mol. The maximum Gasteiger partial charge on any atom is 0.230 e. The van der Waals surface area contributed by atoms with Crippen LogP contribution in [0.1, 0.15) is 59.6 Å². The molecule has 0 bridgehead atoms. The van der Waals surface area contributed by atoms with E-state index in [-0.39, 0.29) is 17.9 Å². The zero-order valence-electron chi connectivity index (χ0n) is 14.0. The van der Waals surface area contributed by atoms with Crippen LogP contribution in [0.4, 0.5) is 0 Å². The molecule has 1 fully saturated rings. The first-order chi connectivity index (χ1) is 11.8. The number of rotatable bonds is 4. The highest BCUT2D eigenvalue weighted by Gasteiger charge is 2.37. The highest BCUT2D eigenvalue weighted by Crippen LogP contribution is 2.40. The van der Waals surface area contributed by atoms with Gasteiger partial charge in [0.1, 0.15) is 18.1 Å². The summed E-state index contributed by atoms with van der Waals surface area (Å²) in [6.45, 7) is 1.31. The number of carbonyl (C=O) groups is 1. The largest absolute Gasteiger partial charge is 0.461 e. The van der Waals surface area contributed by atoms with Gasteiger partial charge >= 0.3 is 0 Å². The van der Waals surface area contributed by atoms with Gasteiger partial charge in [0.25, 0.3) is 0 Å². The number of nitrogens with zero attached hydrogens (tertiary/aromatic N) is 1. The van der Waals surface area contributed by atoms with Crippen LogP contribution < -0.4 is 0 Å². The van der Waals surface area contributed by atoms with E-state index in [4.69, 9.17) is 9.15 Å². The van der Waals surface area contributed by atoms with E-state index in [2.05, 4.69) is 11.4 Å². The Kier molecular flexibility index (Phi) is 4.46. The van der Waals surface area contributed by atoms with E-state index in [1.807, 2.05) is 17.0 Å². The summed E-state index contributed by atoms with van der Waals surface area (Å²) in [5, 5.41) is 2.13. The number of hydrogen-bond acceptors (Lipinski definition) is 4. The monoisotopic (exact) mass is 345 g/mol. The van der Waals surface area contributed by atoms with Crippen LogP contribution >= 0.6 is 11.3 Å². The van der Waals surface area contributed by atoms with Crippen LogP contribution in [0.2, 0.25) is 0 Å². The summed E-state index contributed by atoms with van der Waals surface area (Å²) in [6.07, 6.45) is 5.23. The third-order valence-electron chi connectivity index (χ3n) is 5.18. The SMILES string of the molecule is COCc1ccc([C@H]2CCCN2C(=O)[C@H]2CCCc3sccc32)o1. The number of aryl methyl sites for hydroxylation is 1. The summed E-state index contributed by atoms with van der Waals surface area (Å²) in [5.74, 6) is 2.04. The second-order valence-corrected chi connectivity index (χ2v) is 7.67. The first-order valence-corrected chi connectivity index (χ1v) is 9.60. The third-order valence-corrected chi connectivity index (χ3v) is 6.18. The molecule has 1 aliphatic carbocycles. The van der Waals surface area contributed by atoms with Gasteiger partial charge in [-0.1, -0.05) is 0 Å². The van der Waals surface area contributed by atoms with Gasteiger partial charge in [-0.2, -0.15) is 0 Å². The molecule has 0 aromatic carbocycles. The number of ether oxygens (including phenoxy) is 1. The maximum absolute atomic E-state index is 13.2. The van der Waals surface area contributed by atoms with Crippen LogP contribution in [0.3, 0.4) is 0 Å². The van der Waals surface area contributed by atoms with Crippen LogP contribution in [0.5, 0.6) is 0 Å².